The first-order valence-electron chi connectivity index (χ1n) is 12.3. The largest absolute Gasteiger partial charge is 0.376 e. The van der Waals surface area contributed by atoms with Crippen LogP contribution in [0.25, 0.3) is 0 Å². The molecule has 37 heavy (non-hydrogen) atoms. The Kier molecular flexibility index (Phi) is 10.5. The molecule has 1 aromatic heterocycles. The van der Waals surface area contributed by atoms with Crippen LogP contribution in [-0.4, -0.2) is 59.7 Å². The Bertz CT molecular complexity index is 1110. The summed E-state index contributed by atoms with van der Waals surface area (Å²) in [6.45, 7) is 10.6. The van der Waals surface area contributed by atoms with Crippen molar-refractivity contribution in [2.24, 2.45) is 4.99 Å². The lowest BCUT2D eigenvalue weighted by atomic mass is 9.95. The molecule has 0 bridgehead atoms. The van der Waals surface area contributed by atoms with E-state index in [0.29, 0.717) is 17.8 Å². The quantitative estimate of drug-likeness (QED) is 0.255. The van der Waals surface area contributed by atoms with Gasteiger partial charge in [-0.15, -0.1) is 11.3 Å². The third kappa shape index (κ3) is 9.01. The van der Waals surface area contributed by atoms with Gasteiger partial charge in [-0.25, -0.2) is 0 Å². The molecule has 1 aromatic carbocycles. The van der Waals surface area contributed by atoms with Crippen LogP contribution in [0, 0.1) is 0 Å². The molecule has 5 N–H and O–H groups in total. The first-order chi connectivity index (χ1) is 17.4. The van der Waals surface area contributed by atoms with E-state index in [0.717, 1.165) is 26.3 Å². The van der Waals surface area contributed by atoms with Crippen molar-refractivity contribution in [3.8, 4) is 0 Å². The number of aliphatic hydroxyl groups is 2. The Labute approximate surface area is 231 Å². The molecule has 202 valence electrons. The molecule has 1 amide bonds. The van der Waals surface area contributed by atoms with E-state index < -0.39 is 18.6 Å². The number of hydrogen-bond donors (Lipinski definition) is 5. The number of ether oxygens (including phenoxy) is 1. The Balaban J connectivity index is 1.72. The summed E-state index contributed by atoms with van der Waals surface area (Å²) < 4.78 is 6.32. The summed E-state index contributed by atoms with van der Waals surface area (Å²) in [6.07, 6.45) is -0.0856. The third-order valence-corrected chi connectivity index (χ3v) is 7.62. The Morgan fingerprint density at radius 1 is 1.19 bits per heavy atom. The summed E-state index contributed by atoms with van der Waals surface area (Å²) in [5, 5.41) is 30.0. The molecule has 8 nitrogen and oxygen atoms in total. The van der Waals surface area contributed by atoms with Gasteiger partial charge in [-0.05, 0) is 43.4 Å². The maximum Gasteiger partial charge on any atom is 0.261 e. The molecule has 0 spiro atoms. The van der Waals surface area contributed by atoms with E-state index in [4.69, 9.17) is 4.74 Å². The number of nitrogens with one attached hydrogen (secondary N) is 3. The molecule has 3 atom stereocenters. The fourth-order valence-electron chi connectivity index (χ4n) is 3.69. The van der Waals surface area contributed by atoms with Gasteiger partial charge in [0.25, 0.3) is 5.91 Å². The average molecular weight is 594 g/mol. The van der Waals surface area contributed by atoms with Crippen LogP contribution in [0.3, 0.4) is 0 Å². The molecule has 0 aliphatic carbocycles. The van der Waals surface area contributed by atoms with Crippen LogP contribution in [0.1, 0.15) is 60.3 Å². The van der Waals surface area contributed by atoms with E-state index in [1.54, 1.807) is 0 Å². The van der Waals surface area contributed by atoms with Crippen molar-refractivity contribution < 1.29 is 19.7 Å². The standard InChI is InChI=1S/C27H37BrN4O4S/c1-16(2)36-23(33)15-31-25(34)20(32-26(35)21-10-11-22(37-21)27(3,4)5)12-17-6-8-18(9-7-17)24-29-13-19(28)14-30-24/h6-11,13,16,20,23,25,31,33-34H,12,14-15H2,1-5H3,(H,29,30)(H,32,35). The van der Waals surface area contributed by atoms with Gasteiger partial charge in [-0.1, -0.05) is 61.0 Å². The van der Waals surface area contributed by atoms with Gasteiger partial charge in [0.15, 0.2) is 6.29 Å². The van der Waals surface area contributed by atoms with Gasteiger partial charge in [-0.3, -0.25) is 15.1 Å². The van der Waals surface area contributed by atoms with Crippen LogP contribution >= 0.6 is 27.3 Å². The lowest BCUT2D eigenvalue weighted by Crippen LogP contribution is -2.52. The first kappa shape index (κ1) is 29.5. The van der Waals surface area contributed by atoms with Crippen molar-refractivity contribution in [3.05, 3.63) is 68.0 Å². The summed E-state index contributed by atoms with van der Waals surface area (Å²) in [4.78, 5) is 19.3. The number of thiophene rings is 1. The number of amidine groups is 1. The highest BCUT2D eigenvalue weighted by molar-refractivity contribution is 9.11. The number of halogens is 1. The van der Waals surface area contributed by atoms with E-state index in [1.165, 1.54) is 11.3 Å². The zero-order valence-electron chi connectivity index (χ0n) is 21.9. The lowest BCUT2D eigenvalue weighted by molar-refractivity contribution is -0.127. The number of aliphatic hydroxyl groups excluding tert-OH is 2. The fraction of sp³-hybridized carbons (Fsp3) is 0.481. The van der Waals surface area contributed by atoms with Gasteiger partial charge in [0, 0.05) is 27.7 Å². The summed E-state index contributed by atoms with van der Waals surface area (Å²) in [5.41, 5.74) is 1.83. The SMILES string of the molecule is CC(C)OC(O)CNC(O)C(Cc1ccc(C2=NCC(Br)=CN2)cc1)NC(=O)c1ccc(C(C)(C)C)s1. The number of hydrogen-bond acceptors (Lipinski definition) is 8. The zero-order chi connectivity index (χ0) is 27.2. The fourth-order valence-corrected chi connectivity index (χ4v) is 4.90. The van der Waals surface area contributed by atoms with Gasteiger partial charge in [0.05, 0.1) is 23.6 Å². The summed E-state index contributed by atoms with van der Waals surface area (Å²) in [5.74, 6) is 0.535. The zero-order valence-corrected chi connectivity index (χ0v) is 24.3. The summed E-state index contributed by atoms with van der Waals surface area (Å²) in [7, 11) is 0. The van der Waals surface area contributed by atoms with Gasteiger partial charge in [-0.2, -0.15) is 0 Å². The minimum Gasteiger partial charge on any atom is -0.376 e. The van der Waals surface area contributed by atoms with Crippen molar-refractivity contribution in [1.29, 1.82) is 0 Å². The second-order valence-corrected chi connectivity index (χ2v) is 12.4. The highest BCUT2D eigenvalue weighted by Gasteiger charge is 2.25. The van der Waals surface area contributed by atoms with Crippen molar-refractivity contribution in [1.82, 2.24) is 16.0 Å². The molecule has 0 saturated heterocycles. The topological polar surface area (TPSA) is 115 Å². The Hall–Kier alpha value is -2.08. The van der Waals surface area contributed by atoms with Gasteiger partial charge < -0.3 is 25.6 Å². The van der Waals surface area contributed by atoms with Crippen LogP contribution in [0.4, 0.5) is 0 Å². The predicted molar refractivity (Wildman–Crippen MR) is 152 cm³/mol. The van der Waals surface area contributed by atoms with E-state index in [-0.39, 0.29) is 24.0 Å². The number of aliphatic imine (C=N–C) groups is 1. The molecule has 0 radical (unpaired) electrons. The van der Waals surface area contributed by atoms with Crippen LogP contribution < -0.4 is 16.0 Å². The highest BCUT2D eigenvalue weighted by Crippen LogP contribution is 2.29. The lowest BCUT2D eigenvalue weighted by Gasteiger charge is -2.26. The monoisotopic (exact) mass is 592 g/mol. The smallest absolute Gasteiger partial charge is 0.261 e. The summed E-state index contributed by atoms with van der Waals surface area (Å²) in [6, 6.07) is 11.0. The minimum absolute atomic E-state index is 0.0202. The number of benzene rings is 1. The number of rotatable bonds is 11. The van der Waals surface area contributed by atoms with E-state index in [1.807, 2.05) is 56.4 Å². The molecular weight excluding hydrogens is 556 g/mol. The predicted octanol–water partition coefficient (Wildman–Crippen LogP) is 3.62. The Morgan fingerprint density at radius 2 is 1.89 bits per heavy atom. The van der Waals surface area contributed by atoms with Gasteiger partial charge in [0.1, 0.15) is 12.1 Å². The molecule has 2 aromatic rings. The second kappa shape index (κ2) is 13.1. The van der Waals surface area contributed by atoms with Gasteiger partial charge in [0.2, 0.25) is 0 Å². The van der Waals surface area contributed by atoms with Crippen LogP contribution in [0.15, 0.2) is 52.1 Å². The van der Waals surface area contributed by atoms with Crippen LogP contribution in [-0.2, 0) is 16.6 Å². The normalized spacial score (nSPS) is 16.5. The van der Waals surface area contributed by atoms with Crippen molar-refractivity contribution in [2.45, 2.75) is 71.1 Å². The molecule has 2 heterocycles. The molecule has 0 fully saturated rings. The summed E-state index contributed by atoms with van der Waals surface area (Å²) >= 11 is 4.87. The van der Waals surface area contributed by atoms with Gasteiger partial charge >= 0.3 is 0 Å². The molecule has 0 saturated carbocycles. The van der Waals surface area contributed by atoms with Crippen molar-refractivity contribution >= 4 is 39.0 Å². The number of carbonyl (C=O) groups excluding carboxylic acids is 1. The molecule has 3 rings (SSSR count). The van der Waals surface area contributed by atoms with E-state index in [2.05, 4.69) is 57.6 Å². The maximum atomic E-state index is 13.1. The number of amides is 1. The molecular formula is C27H37BrN4O4S. The average Bonchev–Trinajstić information content (AvgIpc) is 3.34. The van der Waals surface area contributed by atoms with E-state index in [9.17, 15) is 15.0 Å². The van der Waals surface area contributed by atoms with Crippen LogP contribution in [0.5, 0.6) is 0 Å². The molecule has 1 aliphatic heterocycles. The molecule has 10 heteroatoms. The molecule has 3 unspecified atom stereocenters. The minimum atomic E-state index is -1.11. The Morgan fingerprint density at radius 3 is 2.46 bits per heavy atom. The first-order valence-corrected chi connectivity index (χ1v) is 13.9. The van der Waals surface area contributed by atoms with Crippen molar-refractivity contribution in [3.63, 3.8) is 0 Å². The highest BCUT2D eigenvalue weighted by atomic mass is 79.9. The maximum absolute atomic E-state index is 13.1. The molecule has 1 aliphatic rings. The number of nitrogens with zero attached hydrogens (tertiary/aromatic N) is 1. The van der Waals surface area contributed by atoms with Crippen LogP contribution in [0.2, 0.25) is 0 Å². The number of carbonyl (C=O) groups is 1. The van der Waals surface area contributed by atoms with E-state index >= 15 is 0 Å². The van der Waals surface area contributed by atoms with Crippen molar-refractivity contribution in [2.75, 3.05) is 13.1 Å². The third-order valence-electron chi connectivity index (χ3n) is 5.63. The second-order valence-electron chi connectivity index (χ2n) is 10.3.